The SMILES string of the molecule is CN(CCc1ccccc1)S(=O)(=O)N1C[C@@H]2CC[C@@H]2[C@H]1C(=O)O. The van der Waals surface area contributed by atoms with Gasteiger partial charge in [0.25, 0.3) is 10.2 Å². The predicted molar refractivity (Wildman–Crippen MR) is 86.0 cm³/mol. The van der Waals surface area contributed by atoms with Gasteiger partial charge < -0.3 is 5.11 Å². The van der Waals surface area contributed by atoms with Crippen LogP contribution in [0.5, 0.6) is 0 Å². The predicted octanol–water partition coefficient (Wildman–Crippen LogP) is 1.20. The number of nitrogens with zero attached hydrogens (tertiary/aromatic N) is 2. The molecule has 0 unspecified atom stereocenters. The van der Waals surface area contributed by atoms with E-state index in [1.807, 2.05) is 30.3 Å². The fourth-order valence-corrected chi connectivity index (χ4v) is 5.16. The molecule has 1 aliphatic carbocycles. The second-order valence-electron chi connectivity index (χ2n) is 6.42. The maximum Gasteiger partial charge on any atom is 0.322 e. The van der Waals surface area contributed by atoms with Crippen molar-refractivity contribution < 1.29 is 18.3 Å². The highest BCUT2D eigenvalue weighted by Gasteiger charge is 2.54. The fourth-order valence-electron chi connectivity index (χ4n) is 3.57. The molecule has 1 N–H and O–H groups in total. The van der Waals surface area contributed by atoms with Gasteiger partial charge in [-0.25, -0.2) is 0 Å². The number of hydrogen-bond acceptors (Lipinski definition) is 3. The molecule has 2 fully saturated rings. The van der Waals surface area contributed by atoms with E-state index >= 15 is 0 Å². The van der Waals surface area contributed by atoms with Crippen LogP contribution in [0.25, 0.3) is 0 Å². The Morgan fingerprint density at radius 2 is 2.00 bits per heavy atom. The van der Waals surface area contributed by atoms with Crippen molar-refractivity contribution in [2.24, 2.45) is 11.8 Å². The molecule has 1 aromatic carbocycles. The van der Waals surface area contributed by atoms with E-state index in [-0.39, 0.29) is 11.8 Å². The van der Waals surface area contributed by atoms with Crippen molar-refractivity contribution >= 4 is 16.2 Å². The van der Waals surface area contributed by atoms with E-state index in [1.165, 1.54) is 15.7 Å². The number of rotatable bonds is 6. The Labute approximate surface area is 136 Å². The van der Waals surface area contributed by atoms with Gasteiger partial charge in [-0.3, -0.25) is 4.79 Å². The Morgan fingerprint density at radius 3 is 2.57 bits per heavy atom. The lowest BCUT2D eigenvalue weighted by Gasteiger charge is -2.31. The molecule has 0 radical (unpaired) electrons. The quantitative estimate of drug-likeness (QED) is 0.845. The molecule has 126 valence electrons. The summed E-state index contributed by atoms with van der Waals surface area (Å²) in [5.74, 6) is -0.851. The standard InChI is InChI=1S/C16H22N2O4S/c1-17(10-9-12-5-3-2-4-6-12)23(21,22)18-11-13-7-8-14(13)15(18)16(19)20/h2-6,13-15H,7-11H2,1H3,(H,19,20)/t13-,14-,15-/m0/s1. The first kappa shape index (κ1) is 16.4. The summed E-state index contributed by atoms with van der Waals surface area (Å²) in [6.07, 6.45) is 2.34. The summed E-state index contributed by atoms with van der Waals surface area (Å²) in [6.45, 7) is 0.671. The van der Waals surface area contributed by atoms with Gasteiger partial charge in [-0.15, -0.1) is 0 Å². The molecule has 0 spiro atoms. The number of benzene rings is 1. The van der Waals surface area contributed by atoms with E-state index in [0.717, 1.165) is 18.4 Å². The van der Waals surface area contributed by atoms with Gasteiger partial charge in [0.2, 0.25) is 0 Å². The molecule has 2 aliphatic rings. The second-order valence-corrected chi connectivity index (χ2v) is 8.41. The molecule has 0 bridgehead atoms. The topological polar surface area (TPSA) is 77.9 Å². The fraction of sp³-hybridized carbons (Fsp3) is 0.562. The molecule has 0 aromatic heterocycles. The Hall–Kier alpha value is -1.44. The monoisotopic (exact) mass is 338 g/mol. The number of hydrogen-bond donors (Lipinski definition) is 1. The lowest BCUT2D eigenvalue weighted by Crippen LogP contribution is -2.49. The third kappa shape index (κ3) is 3.00. The van der Waals surface area contributed by atoms with Crippen LogP contribution in [-0.2, 0) is 21.4 Å². The first-order valence-electron chi connectivity index (χ1n) is 7.91. The van der Waals surface area contributed by atoms with Crippen LogP contribution in [0.4, 0.5) is 0 Å². The molecule has 0 amide bonds. The largest absolute Gasteiger partial charge is 0.480 e. The van der Waals surface area contributed by atoms with Crippen molar-refractivity contribution in [3.05, 3.63) is 35.9 Å². The number of aliphatic carboxylic acids is 1. The number of likely N-dealkylation sites (N-methyl/N-ethyl adjacent to an activating group) is 1. The third-order valence-electron chi connectivity index (χ3n) is 5.11. The smallest absolute Gasteiger partial charge is 0.322 e. The van der Waals surface area contributed by atoms with Gasteiger partial charge in [0.1, 0.15) is 6.04 Å². The van der Waals surface area contributed by atoms with Crippen LogP contribution in [0.3, 0.4) is 0 Å². The Bertz CT molecular complexity index is 677. The minimum absolute atomic E-state index is 0.0233. The molecule has 1 heterocycles. The van der Waals surface area contributed by atoms with Crippen LogP contribution >= 0.6 is 0 Å². The first-order valence-corrected chi connectivity index (χ1v) is 9.31. The molecule has 1 aromatic rings. The molecular weight excluding hydrogens is 316 g/mol. The van der Waals surface area contributed by atoms with Crippen molar-refractivity contribution in [1.82, 2.24) is 8.61 Å². The average molecular weight is 338 g/mol. The maximum atomic E-state index is 12.8. The van der Waals surface area contributed by atoms with Gasteiger partial charge in [0.15, 0.2) is 0 Å². The van der Waals surface area contributed by atoms with Crippen molar-refractivity contribution in [3.63, 3.8) is 0 Å². The van der Waals surface area contributed by atoms with E-state index in [0.29, 0.717) is 19.5 Å². The Morgan fingerprint density at radius 1 is 1.30 bits per heavy atom. The van der Waals surface area contributed by atoms with Crippen molar-refractivity contribution in [1.29, 1.82) is 0 Å². The summed E-state index contributed by atoms with van der Waals surface area (Å²) in [5, 5.41) is 9.43. The lowest BCUT2D eigenvalue weighted by molar-refractivity contribution is -0.142. The summed E-state index contributed by atoms with van der Waals surface area (Å²) in [6, 6.07) is 8.76. The minimum atomic E-state index is -3.74. The summed E-state index contributed by atoms with van der Waals surface area (Å²) in [7, 11) is -2.22. The molecule has 7 heteroatoms. The second kappa shape index (κ2) is 6.22. The Balaban J connectivity index is 1.71. The summed E-state index contributed by atoms with van der Waals surface area (Å²) < 4.78 is 28.0. The van der Waals surface area contributed by atoms with Crippen molar-refractivity contribution in [3.8, 4) is 0 Å². The van der Waals surface area contributed by atoms with E-state index in [1.54, 1.807) is 0 Å². The highest BCUT2D eigenvalue weighted by Crippen LogP contribution is 2.46. The first-order chi connectivity index (χ1) is 10.9. The molecule has 1 saturated carbocycles. The zero-order valence-electron chi connectivity index (χ0n) is 13.1. The van der Waals surface area contributed by atoms with Crippen LogP contribution in [0, 0.1) is 11.8 Å². The van der Waals surface area contributed by atoms with Gasteiger partial charge >= 0.3 is 5.97 Å². The number of carbonyl (C=O) groups is 1. The van der Waals surface area contributed by atoms with Gasteiger partial charge in [-0.2, -0.15) is 17.0 Å². The van der Waals surface area contributed by atoms with Crippen LogP contribution in [-0.4, -0.2) is 54.3 Å². The molecule has 23 heavy (non-hydrogen) atoms. The average Bonchev–Trinajstić information content (AvgIpc) is 2.77. The normalized spacial score (nSPS) is 27.7. The van der Waals surface area contributed by atoms with Gasteiger partial charge in [0, 0.05) is 20.1 Å². The molecule has 3 atom stereocenters. The lowest BCUT2D eigenvalue weighted by atomic mass is 9.73. The summed E-state index contributed by atoms with van der Waals surface area (Å²) >= 11 is 0. The maximum absolute atomic E-state index is 12.8. The molecule has 1 aliphatic heterocycles. The zero-order valence-corrected chi connectivity index (χ0v) is 13.9. The van der Waals surface area contributed by atoms with E-state index < -0.39 is 22.2 Å². The van der Waals surface area contributed by atoms with E-state index in [2.05, 4.69) is 0 Å². The third-order valence-corrected chi connectivity index (χ3v) is 7.05. The van der Waals surface area contributed by atoms with Crippen LogP contribution < -0.4 is 0 Å². The highest BCUT2D eigenvalue weighted by atomic mass is 32.2. The Kier molecular flexibility index (Phi) is 4.44. The van der Waals surface area contributed by atoms with Gasteiger partial charge in [0.05, 0.1) is 0 Å². The van der Waals surface area contributed by atoms with E-state index in [4.69, 9.17) is 0 Å². The zero-order chi connectivity index (χ0) is 16.6. The van der Waals surface area contributed by atoms with Crippen LogP contribution in [0.2, 0.25) is 0 Å². The molecule has 1 saturated heterocycles. The summed E-state index contributed by atoms with van der Waals surface area (Å²) in [4.78, 5) is 11.5. The van der Waals surface area contributed by atoms with Crippen LogP contribution in [0.1, 0.15) is 18.4 Å². The van der Waals surface area contributed by atoms with Gasteiger partial charge in [-0.1, -0.05) is 30.3 Å². The van der Waals surface area contributed by atoms with Crippen LogP contribution in [0.15, 0.2) is 30.3 Å². The van der Waals surface area contributed by atoms with Crippen molar-refractivity contribution in [2.45, 2.75) is 25.3 Å². The molecular formula is C16H22N2O4S. The molecule has 3 rings (SSSR count). The minimum Gasteiger partial charge on any atom is -0.480 e. The number of fused-ring (bicyclic) bond motifs is 1. The van der Waals surface area contributed by atoms with Crippen molar-refractivity contribution in [2.75, 3.05) is 20.1 Å². The highest BCUT2D eigenvalue weighted by molar-refractivity contribution is 7.86. The number of carboxylic acid groups (broad SMARTS) is 1. The summed E-state index contributed by atoms with van der Waals surface area (Å²) in [5.41, 5.74) is 1.06. The number of carboxylic acids is 1. The molecule has 6 nitrogen and oxygen atoms in total. The van der Waals surface area contributed by atoms with E-state index in [9.17, 15) is 18.3 Å². The van der Waals surface area contributed by atoms with Gasteiger partial charge in [-0.05, 0) is 36.7 Å².